The Hall–Kier alpha value is -2.89. The van der Waals surface area contributed by atoms with E-state index >= 15 is 0 Å². The second-order valence-corrected chi connectivity index (χ2v) is 8.11. The van der Waals surface area contributed by atoms with E-state index in [1.165, 1.54) is 30.0 Å². The minimum Gasteiger partial charge on any atom is -0.493 e. The topological polar surface area (TPSA) is 93.7 Å². The van der Waals surface area contributed by atoms with E-state index in [1.54, 1.807) is 17.0 Å². The summed E-state index contributed by atoms with van der Waals surface area (Å²) in [7, 11) is 1.34. The summed E-state index contributed by atoms with van der Waals surface area (Å²) < 4.78 is 47.0. The number of halogens is 3. The van der Waals surface area contributed by atoms with Crippen LogP contribution >= 0.6 is 11.3 Å². The first kappa shape index (κ1) is 23.8. The van der Waals surface area contributed by atoms with Gasteiger partial charge in [-0.3, -0.25) is 9.59 Å². The number of amides is 2. The van der Waals surface area contributed by atoms with Gasteiger partial charge in [0, 0.05) is 25.4 Å². The summed E-state index contributed by atoms with van der Waals surface area (Å²) in [6.45, 7) is -0.433. The summed E-state index contributed by atoms with van der Waals surface area (Å²) in [6, 6.07) is 4.60. The maximum atomic E-state index is 12.6. The van der Waals surface area contributed by atoms with Crippen molar-refractivity contribution in [3.05, 3.63) is 29.3 Å². The van der Waals surface area contributed by atoms with E-state index in [1.807, 2.05) is 0 Å². The monoisotopic (exact) mass is 472 g/mol. The summed E-state index contributed by atoms with van der Waals surface area (Å²) in [5.41, 5.74) is 2.29. The third-order valence-corrected chi connectivity index (χ3v) is 5.66. The minimum atomic E-state index is -4.44. The fourth-order valence-electron chi connectivity index (χ4n) is 3.38. The van der Waals surface area contributed by atoms with Gasteiger partial charge in [0.05, 0.1) is 7.11 Å². The van der Waals surface area contributed by atoms with Gasteiger partial charge in [0.1, 0.15) is 5.51 Å². The molecule has 2 amide bonds. The van der Waals surface area contributed by atoms with Gasteiger partial charge in [-0.05, 0) is 37.0 Å². The smallest absolute Gasteiger partial charge is 0.422 e. The molecule has 1 N–H and O–H groups in total. The van der Waals surface area contributed by atoms with Gasteiger partial charge in [-0.25, -0.2) is 0 Å². The molecule has 0 spiro atoms. The standard InChI is InChI=1S/C20H23F3N4O4S/c1-30-16-10-13(2-4-15(16)31-11-20(21,22)23)3-5-17(28)27-8-6-14(7-9-27)18(29)25-19-26-24-12-32-19/h2,4,10,12,14H,3,5-9,11H2,1H3,(H,25,26,29). The molecular formula is C20H23F3N4O4S. The van der Waals surface area contributed by atoms with E-state index in [-0.39, 0.29) is 35.7 Å². The molecule has 0 bridgehead atoms. The molecule has 1 aromatic carbocycles. The van der Waals surface area contributed by atoms with Crippen LogP contribution in [0.4, 0.5) is 18.3 Å². The Kier molecular flexibility index (Phi) is 7.89. The van der Waals surface area contributed by atoms with Gasteiger partial charge in [0.25, 0.3) is 0 Å². The molecule has 8 nitrogen and oxygen atoms in total. The molecule has 0 atom stereocenters. The minimum absolute atomic E-state index is 0.00576. The number of benzene rings is 1. The van der Waals surface area contributed by atoms with E-state index < -0.39 is 12.8 Å². The number of nitrogens with zero attached hydrogens (tertiary/aromatic N) is 3. The number of carbonyl (C=O) groups is 2. The summed E-state index contributed by atoms with van der Waals surface area (Å²) in [6.07, 6.45) is -2.66. The molecule has 32 heavy (non-hydrogen) atoms. The van der Waals surface area contributed by atoms with E-state index in [4.69, 9.17) is 9.47 Å². The number of piperidine rings is 1. The molecule has 1 aromatic heterocycles. The first-order valence-electron chi connectivity index (χ1n) is 9.96. The van der Waals surface area contributed by atoms with E-state index in [0.717, 1.165) is 5.56 Å². The van der Waals surface area contributed by atoms with Crippen LogP contribution < -0.4 is 14.8 Å². The van der Waals surface area contributed by atoms with Crippen LogP contribution in [0.3, 0.4) is 0 Å². The highest BCUT2D eigenvalue weighted by Gasteiger charge is 2.29. The van der Waals surface area contributed by atoms with Crippen molar-refractivity contribution in [3.8, 4) is 11.5 Å². The molecule has 1 aliphatic heterocycles. The number of likely N-dealkylation sites (tertiary alicyclic amines) is 1. The first-order chi connectivity index (χ1) is 15.2. The number of rotatable bonds is 8. The number of methoxy groups -OCH3 is 1. The number of aromatic nitrogens is 2. The maximum Gasteiger partial charge on any atom is 0.422 e. The van der Waals surface area contributed by atoms with Crippen molar-refractivity contribution >= 4 is 28.3 Å². The third kappa shape index (κ3) is 6.81. The van der Waals surface area contributed by atoms with Crippen LogP contribution in [-0.4, -0.2) is 59.9 Å². The fraction of sp³-hybridized carbons (Fsp3) is 0.500. The number of anilines is 1. The van der Waals surface area contributed by atoms with Crippen LogP contribution in [0.5, 0.6) is 11.5 Å². The van der Waals surface area contributed by atoms with Crippen LogP contribution in [0.2, 0.25) is 0 Å². The summed E-state index contributed by atoms with van der Waals surface area (Å²) in [5.74, 6) is -0.162. The normalized spacial score (nSPS) is 14.8. The van der Waals surface area contributed by atoms with Crippen LogP contribution in [0.25, 0.3) is 0 Å². The quantitative estimate of drug-likeness (QED) is 0.634. The van der Waals surface area contributed by atoms with Crippen molar-refractivity contribution in [1.29, 1.82) is 0 Å². The Balaban J connectivity index is 1.46. The second kappa shape index (κ2) is 10.6. The number of ether oxygens (including phenoxy) is 2. The van der Waals surface area contributed by atoms with E-state index in [2.05, 4.69) is 15.5 Å². The van der Waals surface area contributed by atoms with Crippen molar-refractivity contribution < 1.29 is 32.2 Å². The molecule has 2 aromatic rings. The average molecular weight is 472 g/mol. The molecule has 0 radical (unpaired) electrons. The number of nitrogens with one attached hydrogen (secondary N) is 1. The van der Waals surface area contributed by atoms with Crippen LogP contribution in [-0.2, 0) is 16.0 Å². The zero-order valence-corrected chi connectivity index (χ0v) is 18.2. The predicted molar refractivity (Wildman–Crippen MR) is 111 cm³/mol. The summed E-state index contributed by atoms with van der Waals surface area (Å²) in [5, 5.41) is 10.7. The SMILES string of the molecule is COc1cc(CCC(=O)N2CCC(C(=O)Nc3nncs3)CC2)ccc1OCC(F)(F)F. The van der Waals surface area contributed by atoms with Crippen molar-refractivity contribution in [2.24, 2.45) is 5.92 Å². The molecule has 1 fully saturated rings. The van der Waals surface area contributed by atoms with E-state index in [0.29, 0.717) is 37.5 Å². The lowest BCUT2D eigenvalue weighted by Crippen LogP contribution is -2.41. The summed E-state index contributed by atoms with van der Waals surface area (Å²) >= 11 is 1.25. The highest BCUT2D eigenvalue weighted by Crippen LogP contribution is 2.30. The summed E-state index contributed by atoms with van der Waals surface area (Å²) in [4.78, 5) is 26.6. The Labute approximate surface area is 186 Å². The van der Waals surface area contributed by atoms with Gasteiger partial charge in [0.15, 0.2) is 18.1 Å². The van der Waals surface area contributed by atoms with Gasteiger partial charge in [-0.1, -0.05) is 17.4 Å². The number of alkyl halides is 3. The molecule has 174 valence electrons. The molecule has 0 saturated carbocycles. The molecule has 0 aliphatic carbocycles. The lowest BCUT2D eigenvalue weighted by atomic mass is 9.95. The molecule has 3 rings (SSSR count). The third-order valence-electron chi connectivity index (χ3n) is 5.06. The predicted octanol–water partition coefficient (Wildman–Crippen LogP) is 3.30. The molecule has 1 saturated heterocycles. The lowest BCUT2D eigenvalue weighted by molar-refractivity contribution is -0.153. The Morgan fingerprint density at radius 3 is 2.62 bits per heavy atom. The largest absolute Gasteiger partial charge is 0.493 e. The van der Waals surface area contributed by atoms with Gasteiger partial charge < -0.3 is 19.7 Å². The Morgan fingerprint density at radius 1 is 1.25 bits per heavy atom. The van der Waals surface area contributed by atoms with Gasteiger partial charge in [-0.2, -0.15) is 13.2 Å². The lowest BCUT2D eigenvalue weighted by Gasteiger charge is -2.31. The molecule has 0 unspecified atom stereocenters. The molecule has 1 aliphatic rings. The van der Waals surface area contributed by atoms with Gasteiger partial charge in [0.2, 0.25) is 16.9 Å². The van der Waals surface area contributed by atoms with Crippen LogP contribution in [0.1, 0.15) is 24.8 Å². The van der Waals surface area contributed by atoms with Gasteiger partial charge in [-0.15, -0.1) is 10.2 Å². The zero-order valence-electron chi connectivity index (χ0n) is 17.4. The molecular weight excluding hydrogens is 449 g/mol. The van der Waals surface area contributed by atoms with E-state index in [9.17, 15) is 22.8 Å². The van der Waals surface area contributed by atoms with Gasteiger partial charge >= 0.3 is 6.18 Å². The molecule has 12 heteroatoms. The first-order valence-corrected chi connectivity index (χ1v) is 10.8. The Morgan fingerprint density at radius 2 is 2.00 bits per heavy atom. The van der Waals surface area contributed by atoms with Crippen LogP contribution in [0.15, 0.2) is 23.7 Å². The number of hydrogen-bond acceptors (Lipinski definition) is 7. The molecule has 2 heterocycles. The number of carbonyl (C=O) groups excluding carboxylic acids is 2. The van der Waals surface area contributed by atoms with Crippen molar-refractivity contribution in [2.75, 3.05) is 32.1 Å². The fourth-order valence-corrected chi connectivity index (χ4v) is 3.83. The zero-order chi connectivity index (χ0) is 23.1. The maximum absolute atomic E-state index is 12.6. The average Bonchev–Trinajstić information content (AvgIpc) is 3.28. The highest BCUT2D eigenvalue weighted by molar-refractivity contribution is 7.13. The highest BCUT2D eigenvalue weighted by atomic mass is 32.1. The van der Waals surface area contributed by atoms with Crippen LogP contribution in [0, 0.1) is 5.92 Å². The second-order valence-electron chi connectivity index (χ2n) is 7.28. The van der Waals surface area contributed by atoms with Crippen molar-refractivity contribution in [3.63, 3.8) is 0 Å². The van der Waals surface area contributed by atoms with Crippen molar-refractivity contribution in [1.82, 2.24) is 15.1 Å². The van der Waals surface area contributed by atoms with Crippen molar-refractivity contribution in [2.45, 2.75) is 31.9 Å². The number of hydrogen-bond donors (Lipinski definition) is 1. The Bertz CT molecular complexity index is 916. The number of aryl methyl sites for hydroxylation is 1.